The Morgan fingerprint density at radius 2 is 1.24 bits per heavy atom. The van der Waals surface area contributed by atoms with Crippen molar-refractivity contribution in [1.29, 1.82) is 0 Å². The number of aliphatic imine (C=N–C) groups is 1. The Morgan fingerprint density at radius 3 is 1.55 bits per heavy atom. The summed E-state index contributed by atoms with van der Waals surface area (Å²) in [4.78, 5) is 8.93. The number of hydrogen-bond donors (Lipinski definition) is 0. The van der Waals surface area contributed by atoms with E-state index < -0.39 is 32.9 Å². The van der Waals surface area contributed by atoms with Crippen molar-refractivity contribution in [3.05, 3.63) is 62.6 Å². The Bertz CT molecular complexity index is 868. The van der Waals surface area contributed by atoms with Gasteiger partial charge in [0.15, 0.2) is 0 Å². The van der Waals surface area contributed by atoms with E-state index in [0.717, 1.165) is 24.2 Å². The molecule has 0 fully saturated rings. The van der Waals surface area contributed by atoms with Crippen molar-refractivity contribution in [1.82, 2.24) is 4.98 Å². The summed E-state index contributed by atoms with van der Waals surface area (Å²) < 4.78 is 9.64. The number of nitrogens with zero attached hydrogens (tertiary/aromatic N) is 4. The maximum atomic E-state index is 4.82. The van der Waals surface area contributed by atoms with Crippen LogP contribution in [0.3, 0.4) is 0 Å². The van der Waals surface area contributed by atoms with Gasteiger partial charge in [-0.2, -0.15) is 6.20 Å². The second-order valence-corrected chi connectivity index (χ2v) is 33.1. The molecule has 9 heteroatoms. The number of para-hydroxylation sites is 1. The fourth-order valence-corrected chi connectivity index (χ4v) is 20.3. The molecule has 2 aromatic rings. The van der Waals surface area contributed by atoms with E-state index in [0.29, 0.717) is 5.92 Å². The van der Waals surface area contributed by atoms with Crippen LogP contribution in [0.25, 0.3) is 9.30 Å². The third-order valence-electron chi connectivity index (χ3n) is 4.54. The summed E-state index contributed by atoms with van der Waals surface area (Å²) in [5.74, 6) is 0.483. The van der Waals surface area contributed by atoms with Gasteiger partial charge in [0.1, 0.15) is 0 Å². The number of benzene rings is 1. The van der Waals surface area contributed by atoms with Crippen LogP contribution in [-0.4, -0.2) is 39.2 Å². The third kappa shape index (κ3) is 22.0. The second kappa shape index (κ2) is 18.0. The van der Waals surface area contributed by atoms with E-state index in [-0.39, 0.29) is 40.8 Å². The van der Waals surface area contributed by atoms with Gasteiger partial charge in [-0.05, 0) is 23.5 Å². The molecule has 1 heterocycles. The fraction of sp³-hybridized carbons (Fsp3) is 0.621. The molecule has 0 unspecified atom stereocenters. The van der Waals surface area contributed by atoms with Crippen LogP contribution in [0.4, 0.5) is 5.69 Å². The molecule has 4 nitrogen and oxygen atoms in total. The molecule has 213 valence electrons. The smallest absolute Gasteiger partial charge is 0.668 e. The van der Waals surface area contributed by atoms with Gasteiger partial charge in [-0.15, -0.1) is 5.69 Å². The molecular weight excluding hydrogens is 661 g/mol. The van der Waals surface area contributed by atoms with Crippen molar-refractivity contribution < 1.29 is 40.8 Å². The zero-order valence-corrected chi connectivity index (χ0v) is 34.5. The molecular formula is C29H57N4NdSi4. The van der Waals surface area contributed by atoms with Crippen molar-refractivity contribution in [2.24, 2.45) is 4.99 Å². The molecule has 0 bridgehead atoms. The van der Waals surface area contributed by atoms with Crippen LogP contribution >= 0.6 is 0 Å². The van der Waals surface area contributed by atoms with E-state index >= 15 is 0 Å². The Kier molecular flexibility index (Phi) is 19.1. The zero-order chi connectivity index (χ0) is 29.1. The number of hydrogen-bond acceptors (Lipinski definition) is 1. The Balaban J connectivity index is 0. The van der Waals surface area contributed by atoms with Gasteiger partial charge in [-0.1, -0.05) is 169 Å². The molecule has 0 atom stereocenters. The number of aryl methyl sites for hydroxylation is 1. The Hall–Kier alpha value is 0.308. The van der Waals surface area contributed by atoms with Crippen molar-refractivity contribution in [3.8, 4) is 0 Å². The molecule has 1 aromatic carbocycles. The monoisotopic (exact) mass is 715 g/mol. The summed E-state index contributed by atoms with van der Waals surface area (Å²) in [5, 5.41) is 0. The summed E-state index contributed by atoms with van der Waals surface area (Å²) >= 11 is 0. The Labute approximate surface area is 274 Å². The van der Waals surface area contributed by atoms with Gasteiger partial charge in [0.25, 0.3) is 0 Å². The van der Waals surface area contributed by atoms with Gasteiger partial charge in [-0.25, -0.2) is 0 Å². The van der Waals surface area contributed by atoms with E-state index in [4.69, 9.17) is 14.3 Å². The second-order valence-electron chi connectivity index (χ2n) is 14.0. The first kappa shape index (κ1) is 40.4. The fourth-order valence-electron chi connectivity index (χ4n) is 4.24. The van der Waals surface area contributed by atoms with Crippen LogP contribution in [0.15, 0.2) is 41.5 Å². The van der Waals surface area contributed by atoms with Gasteiger partial charge in [0.2, 0.25) is 0 Å². The van der Waals surface area contributed by atoms with E-state index in [9.17, 15) is 0 Å². The van der Waals surface area contributed by atoms with E-state index in [1.165, 1.54) is 11.1 Å². The first-order chi connectivity index (χ1) is 16.6. The summed E-state index contributed by atoms with van der Waals surface area (Å²) in [6, 6.07) is 10.4. The van der Waals surface area contributed by atoms with Crippen molar-refractivity contribution in [3.63, 3.8) is 0 Å². The van der Waals surface area contributed by atoms with Crippen molar-refractivity contribution >= 4 is 44.8 Å². The number of rotatable bonds is 9. The third-order valence-corrected chi connectivity index (χ3v) is 15.3. The minimum Gasteiger partial charge on any atom is -0.668 e. The van der Waals surface area contributed by atoms with Gasteiger partial charge in [-0.3, -0.25) is 4.99 Å². The average molecular weight is 718 g/mol. The molecule has 0 amide bonds. The predicted octanol–water partition coefficient (Wildman–Crippen LogP) is 10.5. The SMILES string of the molecule is CCCc1cccc(C(C)C)c1N=Cc1ccc[n-]1.C[Si](C)(C)[N-][Si](C)(C)C.C[Si](C)(C)[N-][Si](C)(C)C.[Nd+3]. The van der Waals surface area contributed by atoms with Gasteiger partial charge in [0.05, 0.1) is 5.69 Å². The van der Waals surface area contributed by atoms with Crippen LogP contribution in [0.1, 0.15) is 49.9 Å². The topological polar surface area (TPSA) is 54.7 Å². The molecule has 0 spiro atoms. The molecule has 1 radical (unpaired) electrons. The molecule has 38 heavy (non-hydrogen) atoms. The first-order valence-corrected chi connectivity index (χ1v) is 27.6. The maximum Gasteiger partial charge on any atom is 3.00 e. The summed E-state index contributed by atoms with van der Waals surface area (Å²) in [5.41, 5.74) is 4.69. The average Bonchev–Trinajstić information content (AvgIpc) is 3.15. The van der Waals surface area contributed by atoms with E-state index in [1.54, 1.807) is 6.20 Å². The van der Waals surface area contributed by atoms with Crippen LogP contribution in [0, 0.1) is 40.8 Å². The zero-order valence-electron chi connectivity index (χ0n) is 27.3. The molecule has 0 aliphatic rings. The molecule has 0 aliphatic carbocycles. The van der Waals surface area contributed by atoms with Crippen LogP contribution < -0.4 is 4.98 Å². The van der Waals surface area contributed by atoms with Crippen molar-refractivity contribution in [2.75, 3.05) is 0 Å². The maximum absolute atomic E-state index is 4.82. The van der Waals surface area contributed by atoms with Crippen LogP contribution in [-0.2, 0) is 6.42 Å². The molecule has 2 rings (SSSR count). The van der Waals surface area contributed by atoms with Crippen LogP contribution in [0.5, 0.6) is 0 Å². The van der Waals surface area contributed by atoms with Gasteiger partial charge in [0, 0.05) is 6.21 Å². The molecule has 0 aliphatic heterocycles. The summed E-state index contributed by atoms with van der Waals surface area (Å²) in [7, 11) is -4.42. The standard InChI is InChI=1S/C17H21N2.2C6H18NSi2.Nd/c1-4-7-14-8-5-10-16(13(2)3)17(14)19-12-15-9-6-11-18-15;2*1-8(2,3)7-9(4,5)6;/h5-6,8-13H,4,7H2,1-3H3;2*1-6H3;/q3*-1;+3. The first-order valence-electron chi connectivity index (χ1n) is 13.9. The minimum atomic E-state index is -1.11. The van der Waals surface area contributed by atoms with Gasteiger partial charge < -0.3 is 14.3 Å². The number of aromatic nitrogens is 1. The van der Waals surface area contributed by atoms with E-state index in [1.807, 2.05) is 18.3 Å². The van der Waals surface area contributed by atoms with E-state index in [2.05, 4.69) is 123 Å². The molecule has 0 saturated heterocycles. The molecule has 0 N–H and O–H groups in total. The normalized spacial score (nSPS) is 12.4. The molecule has 0 saturated carbocycles. The predicted molar refractivity (Wildman–Crippen MR) is 182 cm³/mol. The van der Waals surface area contributed by atoms with Gasteiger partial charge >= 0.3 is 40.8 Å². The summed E-state index contributed by atoms with van der Waals surface area (Å²) in [6.45, 7) is 34.2. The quantitative estimate of drug-likeness (QED) is 0.188. The largest absolute Gasteiger partial charge is 3.00 e. The summed E-state index contributed by atoms with van der Waals surface area (Å²) in [6.07, 6.45) is 5.86. The van der Waals surface area contributed by atoms with Crippen molar-refractivity contribution in [2.45, 2.75) is 118 Å². The van der Waals surface area contributed by atoms with Crippen LogP contribution in [0.2, 0.25) is 78.6 Å². The minimum absolute atomic E-state index is 0. The molecule has 1 aromatic heterocycles. The Morgan fingerprint density at radius 1 is 0.763 bits per heavy atom.